The molecule has 0 saturated carbocycles. The Hall–Kier alpha value is -3.41. The Morgan fingerprint density at radius 2 is 0.635 bits per heavy atom. The summed E-state index contributed by atoms with van der Waals surface area (Å²) >= 11 is 0. The van der Waals surface area contributed by atoms with Crippen LogP contribution in [0.4, 0.5) is 0 Å². The number of rotatable bonds is 46. The van der Waals surface area contributed by atoms with Crippen molar-refractivity contribution in [2.75, 3.05) is 13.2 Å². The highest BCUT2D eigenvalue weighted by molar-refractivity contribution is 5.71. The highest BCUT2D eigenvalue weighted by Gasteiger charge is 2.19. The highest BCUT2D eigenvalue weighted by atomic mass is 16.6. The third-order valence-corrected chi connectivity index (χ3v) is 10.9. The summed E-state index contributed by atoms with van der Waals surface area (Å²) < 4.78 is 16.7. The van der Waals surface area contributed by atoms with E-state index >= 15 is 0 Å². The molecule has 0 rings (SSSR count). The highest BCUT2D eigenvalue weighted by Crippen LogP contribution is 2.13. The molecule has 0 saturated heterocycles. The van der Waals surface area contributed by atoms with E-state index in [2.05, 4.69) is 106 Å². The Labute approximate surface area is 388 Å². The normalized spacial score (nSPS) is 12.7. The van der Waals surface area contributed by atoms with Crippen LogP contribution < -0.4 is 0 Å². The van der Waals surface area contributed by atoms with Gasteiger partial charge in [0.15, 0.2) is 6.10 Å². The van der Waals surface area contributed by atoms with Gasteiger partial charge in [-0.25, -0.2) is 0 Å². The quantitative estimate of drug-likeness (QED) is 0.0262. The fourth-order valence-electron chi connectivity index (χ4n) is 6.95. The first-order valence-corrected chi connectivity index (χ1v) is 26.1. The van der Waals surface area contributed by atoms with Gasteiger partial charge in [0, 0.05) is 19.3 Å². The number of allylic oxidation sites excluding steroid dienone is 14. The largest absolute Gasteiger partial charge is 0.462 e. The van der Waals surface area contributed by atoms with Gasteiger partial charge in [0.1, 0.15) is 13.2 Å². The average Bonchev–Trinajstić information content (AvgIpc) is 3.28. The second-order valence-corrected chi connectivity index (χ2v) is 17.0. The van der Waals surface area contributed by atoms with Gasteiger partial charge in [-0.1, -0.05) is 202 Å². The predicted molar refractivity (Wildman–Crippen MR) is 270 cm³/mol. The van der Waals surface area contributed by atoms with Crippen LogP contribution in [0.25, 0.3) is 0 Å². The Kier molecular flexibility index (Phi) is 48.5. The molecule has 0 aliphatic rings. The van der Waals surface area contributed by atoms with Crippen molar-refractivity contribution in [3.63, 3.8) is 0 Å². The Bertz CT molecular complexity index is 1240. The van der Waals surface area contributed by atoms with E-state index in [4.69, 9.17) is 14.2 Å². The Morgan fingerprint density at radius 3 is 1.03 bits per heavy atom. The molecule has 0 spiro atoms. The van der Waals surface area contributed by atoms with Gasteiger partial charge in [-0.3, -0.25) is 14.4 Å². The third-order valence-electron chi connectivity index (χ3n) is 10.9. The maximum absolute atomic E-state index is 12.8. The molecule has 0 amide bonds. The van der Waals surface area contributed by atoms with Crippen molar-refractivity contribution in [2.24, 2.45) is 0 Å². The molecule has 0 radical (unpaired) electrons. The number of esters is 3. The van der Waals surface area contributed by atoms with E-state index in [1.54, 1.807) is 0 Å². The summed E-state index contributed by atoms with van der Waals surface area (Å²) in [6.07, 6.45) is 65.9. The molecule has 360 valence electrons. The predicted octanol–water partition coefficient (Wildman–Crippen LogP) is 17.2. The number of carbonyl (C=O) groups is 3. The summed E-state index contributed by atoms with van der Waals surface area (Å²) in [5.74, 6) is -1.03. The van der Waals surface area contributed by atoms with Gasteiger partial charge in [-0.2, -0.15) is 0 Å². The Balaban J connectivity index is 4.49. The van der Waals surface area contributed by atoms with Crippen molar-refractivity contribution in [2.45, 2.75) is 245 Å². The topological polar surface area (TPSA) is 78.9 Å². The van der Waals surface area contributed by atoms with Crippen molar-refractivity contribution >= 4 is 17.9 Å². The average molecular weight is 877 g/mol. The van der Waals surface area contributed by atoms with Gasteiger partial charge < -0.3 is 14.2 Å². The number of hydrogen-bond acceptors (Lipinski definition) is 6. The van der Waals surface area contributed by atoms with E-state index in [0.717, 1.165) is 64.2 Å². The zero-order chi connectivity index (χ0) is 45.8. The van der Waals surface area contributed by atoms with Crippen LogP contribution in [-0.4, -0.2) is 37.2 Å². The molecule has 6 nitrogen and oxygen atoms in total. The lowest BCUT2D eigenvalue weighted by Gasteiger charge is -2.18. The van der Waals surface area contributed by atoms with E-state index in [1.807, 2.05) is 0 Å². The summed E-state index contributed by atoms with van der Waals surface area (Å²) in [4.78, 5) is 37.9. The fourth-order valence-corrected chi connectivity index (χ4v) is 6.95. The zero-order valence-electron chi connectivity index (χ0n) is 41.1. The minimum atomic E-state index is -0.818. The molecule has 1 unspecified atom stereocenters. The Morgan fingerprint density at radius 1 is 0.333 bits per heavy atom. The lowest BCUT2D eigenvalue weighted by molar-refractivity contribution is -0.167. The lowest BCUT2D eigenvalue weighted by Crippen LogP contribution is -2.30. The van der Waals surface area contributed by atoms with E-state index in [-0.39, 0.29) is 44.0 Å². The molecule has 1 atom stereocenters. The van der Waals surface area contributed by atoms with Crippen LogP contribution in [0, 0.1) is 0 Å². The van der Waals surface area contributed by atoms with Crippen LogP contribution in [0.5, 0.6) is 0 Å². The number of hydrogen-bond donors (Lipinski definition) is 0. The van der Waals surface area contributed by atoms with Gasteiger partial charge >= 0.3 is 17.9 Å². The van der Waals surface area contributed by atoms with Crippen LogP contribution in [0.1, 0.15) is 239 Å². The molecule has 0 fully saturated rings. The molecule has 0 heterocycles. The van der Waals surface area contributed by atoms with Crippen LogP contribution in [0.3, 0.4) is 0 Å². The van der Waals surface area contributed by atoms with Crippen LogP contribution >= 0.6 is 0 Å². The minimum absolute atomic E-state index is 0.120. The van der Waals surface area contributed by atoms with Crippen molar-refractivity contribution < 1.29 is 28.6 Å². The van der Waals surface area contributed by atoms with Gasteiger partial charge in [0.05, 0.1) is 0 Å². The molecule has 0 N–H and O–H groups in total. The molecule has 63 heavy (non-hydrogen) atoms. The summed E-state index contributed by atoms with van der Waals surface area (Å²) in [5.41, 5.74) is 0. The SMILES string of the molecule is CC/C=C\C/C=C\C/C=C\CCCC(=O)OCC(COC(=O)CCC/C=C\C/C=C\C/C=C\CCCCCCCC)OC(=O)CCCCCCCCC/C=C\CCCCCCCC. The van der Waals surface area contributed by atoms with Crippen LogP contribution in [0.15, 0.2) is 85.1 Å². The first kappa shape index (κ1) is 59.6. The molecule has 6 heteroatoms. The van der Waals surface area contributed by atoms with Gasteiger partial charge in [0.2, 0.25) is 0 Å². The molecule has 0 bridgehead atoms. The monoisotopic (exact) mass is 877 g/mol. The standard InChI is InChI=1S/C57H96O6/c1-4-7-10-13-16-19-22-24-26-28-30-32-35-38-41-44-47-50-56(59)62-53-54(52-61-55(58)49-46-43-40-37-34-21-18-15-12-9-6-3)63-57(60)51-48-45-42-39-36-33-31-29-27-25-23-20-17-14-11-8-5-2/h9,12,18,21,24-27,30,32,37-38,40-41,54H,4-8,10-11,13-17,19-20,22-23,28-29,31,33-36,39,42-53H2,1-3H3/b12-9-,21-18-,26-24-,27-25-,32-30-,40-37-,41-38-. The van der Waals surface area contributed by atoms with Gasteiger partial charge in [-0.05, 0) is 103 Å². The van der Waals surface area contributed by atoms with Crippen molar-refractivity contribution in [3.8, 4) is 0 Å². The van der Waals surface area contributed by atoms with Crippen molar-refractivity contribution in [3.05, 3.63) is 85.1 Å². The zero-order valence-corrected chi connectivity index (χ0v) is 41.1. The molecule has 0 aromatic rings. The molecule has 0 aliphatic carbocycles. The van der Waals surface area contributed by atoms with E-state index < -0.39 is 6.10 Å². The third kappa shape index (κ3) is 49.5. The van der Waals surface area contributed by atoms with E-state index in [1.165, 1.54) is 122 Å². The number of ether oxygens (including phenoxy) is 3. The van der Waals surface area contributed by atoms with Gasteiger partial charge in [-0.15, -0.1) is 0 Å². The maximum atomic E-state index is 12.8. The lowest BCUT2D eigenvalue weighted by atomic mass is 10.1. The second kappa shape index (κ2) is 51.2. The molecule has 0 aliphatic heterocycles. The maximum Gasteiger partial charge on any atom is 0.306 e. The van der Waals surface area contributed by atoms with Crippen LogP contribution in [0.2, 0.25) is 0 Å². The fraction of sp³-hybridized carbons (Fsp3) is 0.702. The number of carbonyl (C=O) groups excluding carboxylic acids is 3. The van der Waals surface area contributed by atoms with Gasteiger partial charge in [0.25, 0.3) is 0 Å². The van der Waals surface area contributed by atoms with E-state index in [0.29, 0.717) is 19.3 Å². The summed E-state index contributed by atoms with van der Waals surface area (Å²) in [6, 6.07) is 0. The minimum Gasteiger partial charge on any atom is -0.462 e. The molecule has 0 aromatic heterocycles. The summed E-state index contributed by atoms with van der Waals surface area (Å²) in [5, 5.41) is 0. The van der Waals surface area contributed by atoms with Crippen molar-refractivity contribution in [1.29, 1.82) is 0 Å². The summed E-state index contributed by atoms with van der Waals surface area (Å²) in [6.45, 7) is 6.41. The second-order valence-electron chi connectivity index (χ2n) is 17.0. The first-order valence-electron chi connectivity index (χ1n) is 26.1. The molecular weight excluding hydrogens is 781 g/mol. The van der Waals surface area contributed by atoms with Crippen LogP contribution in [-0.2, 0) is 28.6 Å². The summed E-state index contributed by atoms with van der Waals surface area (Å²) in [7, 11) is 0. The van der Waals surface area contributed by atoms with Crippen molar-refractivity contribution in [1.82, 2.24) is 0 Å². The number of unbranched alkanes of at least 4 members (excludes halogenated alkanes) is 21. The first-order chi connectivity index (χ1) is 31.0. The molecular formula is C57H96O6. The smallest absolute Gasteiger partial charge is 0.306 e. The van der Waals surface area contributed by atoms with E-state index in [9.17, 15) is 14.4 Å². The molecule has 0 aromatic carbocycles.